The molecule has 3 rings (SSSR count). The number of nitrogens with zero attached hydrogens (tertiary/aromatic N) is 1. The van der Waals surface area contributed by atoms with Gasteiger partial charge in [-0.05, 0) is 65.6 Å². The number of carbonyl (C=O) groups excluding carboxylic acids is 2. The maximum atomic E-state index is 13.7. The third-order valence-electron chi connectivity index (χ3n) is 5.84. The van der Waals surface area contributed by atoms with Gasteiger partial charge in [0.15, 0.2) is 0 Å². The number of halogens is 2. The predicted octanol–water partition coefficient (Wildman–Crippen LogP) is 7.39. The van der Waals surface area contributed by atoms with Crippen molar-refractivity contribution in [2.24, 2.45) is 5.92 Å². The summed E-state index contributed by atoms with van der Waals surface area (Å²) >= 11 is 11.2. The average molecular weight is 602 g/mol. The number of hydrogen-bond donors (Lipinski definition) is 1. The Balaban J connectivity index is 1.77. The van der Waals surface area contributed by atoms with Crippen molar-refractivity contribution >= 4 is 51.1 Å². The van der Waals surface area contributed by atoms with Crippen LogP contribution in [-0.4, -0.2) is 35.1 Å². The summed E-state index contributed by atoms with van der Waals surface area (Å²) in [6.07, 6.45) is 1.56. The molecule has 1 atom stereocenters. The molecule has 0 saturated carbocycles. The van der Waals surface area contributed by atoms with E-state index in [0.717, 1.165) is 26.2 Å². The van der Waals surface area contributed by atoms with Gasteiger partial charge in [0, 0.05) is 40.3 Å². The topological polar surface area (TPSA) is 49.4 Å². The van der Waals surface area contributed by atoms with E-state index >= 15 is 0 Å². The fourth-order valence-electron chi connectivity index (χ4n) is 3.85. The molecule has 37 heavy (non-hydrogen) atoms. The first kappa shape index (κ1) is 29.3. The molecule has 0 aliphatic rings. The molecule has 196 valence electrons. The van der Waals surface area contributed by atoms with E-state index in [0.29, 0.717) is 43.3 Å². The van der Waals surface area contributed by atoms with Crippen LogP contribution in [0.1, 0.15) is 37.8 Å². The van der Waals surface area contributed by atoms with Crippen molar-refractivity contribution in [3.05, 3.63) is 99.5 Å². The maximum absolute atomic E-state index is 13.7. The summed E-state index contributed by atoms with van der Waals surface area (Å²) < 4.78 is 0.976. The van der Waals surface area contributed by atoms with Gasteiger partial charge < -0.3 is 10.2 Å². The summed E-state index contributed by atoms with van der Waals surface area (Å²) in [5.74, 6) is 1.00. The molecule has 3 aromatic carbocycles. The molecule has 0 aliphatic heterocycles. The van der Waals surface area contributed by atoms with E-state index in [1.807, 2.05) is 78.9 Å². The summed E-state index contributed by atoms with van der Waals surface area (Å²) in [5.41, 5.74) is 2.01. The van der Waals surface area contributed by atoms with Crippen molar-refractivity contribution < 1.29 is 9.59 Å². The minimum atomic E-state index is -0.596. The van der Waals surface area contributed by atoms with Gasteiger partial charge in [0.1, 0.15) is 6.04 Å². The molecular formula is C30H34BrClN2O2S. The van der Waals surface area contributed by atoms with Gasteiger partial charge in [0.25, 0.3) is 0 Å². The number of hydrogen-bond acceptors (Lipinski definition) is 3. The Morgan fingerprint density at radius 2 is 1.62 bits per heavy atom. The second kappa shape index (κ2) is 15.2. The normalized spacial score (nSPS) is 11.8. The molecule has 0 fully saturated rings. The highest BCUT2D eigenvalue weighted by Crippen LogP contribution is 2.23. The summed E-state index contributed by atoms with van der Waals surface area (Å²) in [7, 11) is 0. The second-order valence-electron chi connectivity index (χ2n) is 9.40. The van der Waals surface area contributed by atoms with Gasteiger partial charge >= 0.3 is 0 Å². The monoisotopic (exact) mass is 600 g/mol. The Kier molecular flexibility index (Phi) is 12.0. The lowest BCUT2D eigenvalue weighted by molar-refractivity contribution is -0.141. The number of amides is 2. The quantitative estimate of drug-likeness (QED) is 0.164. The van der Waals surface area contributed by atoms with Crippen LogP contribution in [-0.2, 0) is 22.6 Å². The smallest absolute Gasteiger partial charge is 0.243 e. The third kappa shape index (κ3) is 10.2. The van der Waals surface area contributed by atoms with Crippen molar-refractivity contribution in [3.8, 4) is 0 Å². The van der Waals surface area contributed by atoms with Gasteiger partial charge in [-0.2, -0.15) is 0 Å². The lowest BCUT2D eigenvalue weighted by Gasteiger charge is -2.32. The Hall–Kier alpha value is -2.28. The Labute approximate surface area is 238 Å². The van der Waals surface area contributed by atoms with E-state index in [1.54, 1.807) is 16.7 Å². The van der Waals surface area contributed by atoms with Crippen molar-refractivity contribution in [1.29, 1.82) is 0 Å². The van der Waals surface area contributed by atoms with Crippen LogP contribution in [0.2, 0.25) is 5.02 Å². The molecule has 0 aliphatic carbocycles. The number of benzene rings is 3. The first-order valence-electron chi connectivity index (χ1n) is 12.6. The molecule has 0 saturated heterocycles. The highest BCUT2D eigenvalue weighted by Gasteiger charge is 2.30. The fourth-order valence-corrected chi connectivity index (χ4v) is 5.09. The van der Waals surface area contributed by atoms with E-state index in [-0.39, 0.29) is 11.8 Å². The van der Waals surface area contributed by atoms with Gasteiger partial charge in [-0.3, -0.25) is 9.59 Å². The lowest BCUT2D eigenvalue weighted by Crippen LogP contribution is -2.51. The van der Waals surface area contributed by atoms with Crippen LogP contribution in [0, 0.1) is 5.92 Å². The molecule has 0 radical (unpaired) electrons. The molecule has 2 amide bonds. The number of rotatable bonds is 13. The second-order valence-corrected chi connectivity index (χ2v) is 11.9. The van der Waals surface area contributed by atoms with Crippen LogP contribution < -0.4 is 5.32 Å². The van der Waals surface area contributed by atoms with Crippen LogP contribution in [0.15, 0.2) is 88.2 Å². The van der Waals surface area contributed by atoms with Gasteiger partial charge in [-0.1, -0.05) is 83.8 Å². The first-order valence-corrected chi connectivity index (χ1v) is 14.7. The van der Waals surface area contributed by atoms with E-state index in [2.05, 4.69) is 35.1 Å². The molecule has 0 bridgehead atoms. The van der Waals surface area contributed by atoms with Crippen LogP contribution >= 0.6 is 39.3 Å². The standard InChI is InChI=1S/C30H34BrClN2O2S/c1-22(2)20-33-30(36)28(19-23-7-4-3-5-8-23)34(21-24-10-12-25(31)13-11-24)29(35)9-6-18-37-27-16-14-26(32)15-17-27/h3-5,7-8,10-17,22,28H,6,9,18-21H2,1-2H3,(H,33,36). The zero-order valence-electron chi connectivity index (χ0n) is 21.3. The van der Waals surface area contributed by atoms with Crippen LogP contribution in [0.5, 0.6) is 0 Å². The maximum Gasteiger partial charge on any atom is 0.243 e. The van der Waals surface area contributed by atoms with E-state index < -0.39 is 6.04 Å². The minimum Gasteiger partial charge on any atom is -0.354 e. The first-order chi connectivity index (χ1) is 17.8. The van der Waals surface area contributed by atoms with Crippen molar-refractivity contribution in [2.45, 2.75) is 50.6 Å². The van der Waals surface area contributed by atoms with Crippen LogP contribution in [0.25, 0.3) is 0 Å². The van der Waals surface area contributed by atoms with Crippen molar-refractivity contribution in [2.75, 3.05) is 12.3 Å². The molecule has 1 N–H and O–H groups in total. The third-order valence-corrected chi connectivity index (χ3v) is 7.72. The average Bonchev–Trinajstić information content (AvgIpc) is 2.89. The van der Waals surface area contributed by atoms with Crippen molar-refractivity contribution in [1.82, 2.24) is 10.2 Å². The summed E-state index contributed by atoms with van der Waals surface area (Å²) in [6.45, 7) is 5.08. The van der Waals surface area contributed by atoms with Gasteiger partial charge in [-0.15, -0.1) is 11.8 Å². The molecule has 3 aromatic rings. The van der Waals surface area contributed by atoms with E-state index in [1.165, 1.54) is 0 Å². The van der Waals surface area contributed by atoms with Crippen LogP contribution in [0.3, 0.4) is 0 Å². The fraction of sp³-hybridized carbons (Fsp3) is 0.333. The molecular weight excluding hydrogens is 568 g/mol. The highest BCUT2D eigenvalue weighted by molar-refractivity contribution is 9.10. The van der Waals surface area contributed by atoms with Gasteiger partial charge in [0.2, 0.25) is 11.8 Å². The minimum absolute atomic E-state index is 0.0137. The van der Waals surface area contributed by atoms with E-state index in [4.69, 9.17) is 11.6 Å². The molecule has 4 nitrogen and oxygen atoms in total. The lowest BCUT2D eigenvalue weighted by atomic mass is 10.0. The van der Waals surface area contributed by atoms with Gasteiger partial charge in [-0.25, -0.2) is 0 Å². The summed E-state index contributed by atoms with van der Waals surface area (Å²) in [4.78, 5) is 30.0. The Bertz CT molecular complexity index is 1120. The number of thioether (sulfide) groups is 1. The molecule has 0 aromatic heterocycles. The van der Waals surface area contributed by atoms with Crippen LogP contribution in [0.4, 0.5) is 0 Å². The number of nitrogens with one attached hydrogen (secondary N) is 1. The Morgan fingerprint density at radius 3 is 2.27 bits per heavy atom. The zero-order chi connectivity index (χ0) is 26.6. The molecule has 0 heterocycles. The molecule has 7 heteroatoms. The summed E-state index contributed by atoms with van der Waals surface area (Å²) in [5, 5.41) is 3.78. The highest BCUT2D eigenvalue weighted by atomic mass is 79.9. The molecule has 0 spiro atoms. The Morgan fingerprint density at radius 1 is 0.946 bits per heavy atom. The van der Waals surface area contributed by atoms with Gasteiger partial charge in [0.05, 0.1) is 0 Å². The molecule has 1 unspecified atom stereocenters. The number of carbonyl (C=O) groups is 2. The van der Waals surface area contributed by atoms with E-state index in [9.17, 15) is 9.59 Å². The summed E-state index contributed by atoms with van der Waals surface area (Å²) in [6, 6.07) is 24.9. The largest absolute Gasteiger partial charge is 0.354 e. The predicted molar refractivity (Wildman–Crippen MR) is 158 cm³/mol. The van der Waals surface area contributed by atoms with Crippen molar-refractivity contribution in [3.63, 3.8) is 0 Å². The zero-order valence-corrected chi connectivity index (χ0v) is 24.5. The SMILES string of the molecule is CC(C)CNC(=O)C(Cc1ccccc1)N(Cc1ccc(Br)cc1)C(=O)CCCSc1ccc(Cl)cc1.